The minimum Gasteiger partial charge on any atom is -0.370 e. The van der Waals surface area contributed by atoms with Crippen LogP contribution in [-0.4, -0.2) is 31.0 Å². The SMILES string of the molecule is CCCNC(=O)CCN=C(N)NC(C)C. The van der Waals surface area contributed by atoms with Crippen LogP contribution in [0.1, 0.15) is 33.6 Å². The quantitative estimate of drug-likeness (QED) is 0.437. The Morgan fingerprint density at radius 1 is 1.47 bits per heavy atom. The maximum absolute atomic E-state index is 11.2. The third kappa shape index (κ3) is 9.05. The fourth-order valence-corrected chi connectivity index (χ4v) is 0.972. The number of hydrogen-bond acceptors (Lipinski definition) is 2. The van der Waals surface area contributed by atoms with E-state index in [-0.39, 0.29) is 11.9 Å². The lowest BCUT2D eigenvalue weighted by atomic mass is 10.4. The predicted molar refractivity (Wildman–Crippen MR) is 62.7 cm³/mol. The Labute approximate surface area is 91.5 Å². The summed E-state index contributed by atoms with van der Waals surface area (Å²) in [6.45, 7) is 7.14. The van der Waals surface area contributed by atoms with E-state index in [1.54, 1.807) is 0 Å². The van der Waals surface area contributed by atoms with E-state index >= 15 is 0 Å². The molecule has 0 radical (unpaired) electrons. The van der Waals surface area contributed by atoms with Gasteiger partial charge in [-0.05, 0) is 20.3 Å². The first-order valence-corrected chi connectivity index (χ1v) is 5.39. The Morgan fingerprint density at radius 2 is 2.13 bits per heavy atom. The molecule has 0 aliphatic carbocycles. The summed E-state index contributed by atoms with van der Waals surface area (Å²) < 4.78 is 0. The molecule has 0 unspecified atom stereocenters. The molecular formula is C10H22N4O. The number of rotatable bonds is 6. The van der Waals surface area contributed by atoms with Crippen LogP contribution in [0, 0.1) is 0 Å². The van der Waals surface area contributed by atoms with E-state index in [9.17, 15) is 4.79 Å². The summed E-state index contributed by atoms with van der Waals surface area (Å²) in [5.74, 6) is 0.422. The second-order valence-electron chi connectivity index (χ2n) is 3.67. The van der Waals surface area contributed by atoms with Gasteiger partial charge in [-0.3, -0.25) is 9.79 Å². The molecule has 15 heavy (non-hydrogen) atoms. The second-order valence-corrected chi connectivity index (χ2v) is 3.67. The van der Waals surface area contributed by atoms with Crippen molar-refractivity contribution in [2.75, 3.05) is 13.1 Å². The summed E-state index contributed by atoms with van der Waals surface area (Å²) in [5, 5.41) is 5.73. The van der Waals surface area contributed by atoms with Gasteiger partial charge in [-0.2, -0.15) is 0 Å². The highest BCUT2D eigenvalue weighted by molar-refractivity contribution is 5.79. The van der Waals surface area contributed by atoms with Gasteiger partial charge in [0.2, 0.25) is 5.91 Å². The van der Waals surface area contributed by atoms with Crippen molar-refractivity contribution >= 4 is 11.9 Å². The molecule has 0 rings (SSSR count). The van der Waals surface area contributed by atoms with E-state index < -0.39 is 0 Å². The lowest BCUT2D eigenvalue weighted by molar-refractivity contribution is -0.120. The summed E-state index contributed by atoms with van der Waals surface area (Å²) >= 11 is 0. The molecule has 5 nitrogen and oxygen atoms in total. The Hall–Kier alpha value is -1.26. The molecule has 0 saturated carbocycles. The van der Waals surface area contributed by atoms with Crippen molar-refractivity contribution in [2.24, 2.45) is 10.7 Å². The number of hydrogen-bond donors (Lipinski definition) is 3. The van der Waals surface area contributed by atoms with Crippen LogP contribution in [0.25, 0.3) is 0 Å². The number of carbonyl (C=O) groups is 1. The van der Waals surface area contributed by atoms with Crippen LogP contribution in [0.5, 0.6) is 0 Å². The van der Waals surface area contributed by atoms with Crippen molar-refractivity contribution in [3.63, 3.8) is 0 Å². The van der Waals surface area contributed by atoms with Crippen molar-refractivity contribution in [2.45, 2.75) is 39.7 Å². The van der Waals surface area contributed by atoms with Gasteiger partial charge in [-0.15, -0.1) is 0 Å². The fourth-order valence-electron chi connectivity index (χ4n) is 0.972. The summed E-state index contributed by atoms with van der Waals surface area (Å²) in [6, 6.07) is 0.266. The average molecular weight is 214 g/mol. The van der Waals surface area contributed by atoms with Crippen molar-refractivity contribution in [1.29, 1.82) is 0 Å². The lowest BCUT2D eigenvalue weighted by Crippen LogP contribution is -2.37. The molecule has 0 fully saturated rings. The van der Waals surface area contributed by atoms with Crippen molar-refractivity contribution in [1.82, 2.24) is 10.6 Å². The second kappa shape index (κ2) is 8.08. The van der Waals surface area contributed by atoms with E-state index in [1.807, 2.05) is 20.8 Å². The monoisotopic (exact) mass is 214 g/mol. The molecule has 0 aliphatic rings. The maximum Gasteiger partial charge on any atom is 0.221 e. The molecule has 0 bridgehead atoms. The third-order valence-electron chi connectivity index (χ3n) is 1.63. The largest absolute Gasteiger partial charge is 0.370 e. The smallest absolute Gasteiger partial charge is 0.221 e. The van der Waals surface area contributed by atoms with Crippen LogP contribution in [0.15, 0.2) is 4.99 Å². The standard InChI is InChI=1S/C10H22N4O/c1-4-6-12-9(15)5-7-13-10(11)14-8(2)3/h8H,4-7H2,1-3H3,(H,12,15)(H3,11,13,14). The number of nitrogens with one attached hydrogen (secondary N) is 2. The average Bonchev–Trinajstić information content (AvgIpc) is 2.13. The van der Waals surface area contributed by atoms with Crippen molar-refractivity contribution in [3.05, 3.63) is 0 Å². The summed E-state index contributed by atoms with van der Waals surface area (Å²) in [5.41, 5.74) is 5.57. The number of nitrogens with two attached hydrogens (primary N) is 1. The third-order valence-corrected chi connectivity index (χ3v) is 1.63. The zero-order chi connectivity index (χ0) is 11.7. The van der Waals surface area contributed by atoms with Gasteiger partial charge in [0.25, 0.3) is 0 Å². The zero-order valence-corrected chi connectivity index (χ0v) is 9.84. The molecule has 88 valence electrons. The van der Waals surface area contributed by atoms with Crippen LogP contribution in [0.4, 0.5) is 0 Å². The highest BCUT2D eigenvalue weighted by atomic mass is 16.1. The molecule has 0 spiro atoms. The van der Waals surface area contributed by atoms with E-state index in [2.05, 4.69) is 15.6 Å². The maximum atomic E-state index is 11.2. The Balaban J connectivity index is 3.62. The topological polar surface area (TPSA) is 79.5 Å². The van der Waals surface area contributed by atoms with Crippen LogP contribution in [-0.2, 0) is 4.79 Å². The molecule has 0 aromatic rings. The first kappa shape index (κ1) is 13.7. The van der Waals surface area contributed by atoms with Gasteiger partial charge >= 0.3 is 0 Å². The van der Waals surface area contributed by atoms with E-state index in [0.717, 1.165) is 13.0 Å². The van der Waals surface area contributed by atoms with Gasteiger partial charge in [-0.25, -0.2) is 0 Å². The van der Waals surface area contributed by atoms with E-state index in [4.69, 9.17) is 5.73 Å². The Morgan fingerprint density at radius 3 is 2.67 bits per heavy atom. The molecule has 0 saturated heterocycles. The molecule has 0 aliphatic heterocycles. The minimum absolute atomic E-state index is 0.0259. The Kier molecular flexibility index (Phi) is 7.40. The molecule has 5 heteroatoms. The predicted octanol–water partition coefficient (Wildman–Crippen LogP) is 0.215. The molecule has 0 aromatic carbocycles. The molecule has 1 amide bonds. The number of aliphatic imine (C=N–C) groups is 1. The molecular weight excluding hydrogens is 192 g/mol. The van der Waals surface area contributed by atoms with Crippen LogP contribution in [0.3, 0.4) is 0 Å². The molecule has 0 aromatic heterocycles. The number of guanidine groups is 1. The lowest BCUT2D eigenvalue weighted by Gasteiger charge is -2.08. The van der Waals surface area contributed by atoms with Gasteiger partial charge in [0.1, 0.15) is 0 Å². The molecule has 0 atom stereocenters. The van der Waals surface area contributed by atoms with E-state index in [0.29, 0.717) is 18.9 Å². The van der Waals surface area contributed by atoms with Crippen molar-refractivity contribution in [3.8, 4) is 0 Å². The summed E-state index contributed by atoms with van der Waals surface area (Å²) in [6.07, 6.45) is 1.34. The van der Waals surface area contributed by atoms with Crippen LogP contribution >= 0.6 is 0 Å². The van der Waals surface area contributed by atoms with Gasteiger partial charge in [-0.1, -0.05) is 6.92 Å². The highest BCUT2D eigenvalue weighted by Crippen LogP contribution is 1.83. The number of amides is 1. The Bertz CT molecular complexity index is 213. The van der Waals surface area contributed by atoms with Crippen molar-refractivity contribution < 1.29 is 4.79 Å². The van der Waals surface area contributed by atoms with Gasteiger partial charge in [0, 0.05) is 19.0 Å². The van der Waals surface area contributed by atoms with E-state index in [1.165, 1.54) is 0 Å². The first-order chi connectivity index (χ1) is 7.06. The van der Waals surface area contributed by atoms with Gasteiger partial charge < -0.3 is 16.4 Å². The van der Waals surface area contributed by atoms with Crippen LogP contribution in [0.2, 0.25) is 0 Å². The number of nitrogens with zero attached hydrogens (tertiary/aromatic N) is 1. The first-order valence-electron chi connectivity index (χ1n) is 5.39. The van der Waals surface area contributed by atoms with Crippen LogP contribution < -0.4 is 16.4 Å². The minimum atomic E-state index is 0.0259. The highest BCUT2D eigenvalue weighted by Gasteiger charge is 1.99. The molecule has 4 N–H and O–H groups in total. The van der Waals surface area contributed by atoms with Gasteiger partial charge in [0.15, 0.2) is 5.96 Å². The van der Waals surface area contributed by atoms with Gasteiger partial charge in [0.05, 0.1) is 6.54 Å². The normalized spacial score (nSPS) is 11.6. The fraction of sp³-hybridized carbons (Fsp3) is 0.800. The molecule has 0 heterocycles. The number of carbonyl (C=O) groups excluding carboxylic acids is 1. The summed E-state index contributed by atoms with van der Waals surface area (Å²) in [7, 11) is 0. The summed E-state index contributed by atoms with van der Waals surface area (Å²) in [4.78, 5) is 15.2. The zero-order valence-electron chi connectivity index (χ0n) is 9.84.